The van der Waals surface area contributed by atoms with Crippen LogP contribution in [-0.2, 0) is 4.79 Å². The maximum atomic E-state index is 13.6. The first-order valence-electron chi connectivity index (χ1n) is 10.9. The number of carbonyl (C=O) groups excluding carboxylic acids is 1. The lowest BCUT2D eigenvalue weighted by Crippen LogP contribution is -2.31. The number of dihydropyridines is 1. The molecule has 1 aliphatic rings. The highest BCUT2D eigenvalue weighted by molar-refractivity contribution is 8.03. The number of para-hydroxylation sites is 3. The van der Waals surface area contributed by atoms with Crippen LogP contribution < -0.4 is 20.1 Å². The molecule has 0 spiro atoms. The molecule has 1 heterocycles. The Bertz CT molecular complexity index is 1120. The summed E-state index contributed by atoms with van der Waals surface area (Å²) in [5.41, 5.74) is 3.03. The van der Waals surface area contributed by atoms with Gasteiger partial charge >= 0.3 is 0 Å². The molecule has 1 atom stereocenters. The minimum Gasteiger partial charge on any atom is -0.496 e. The van der Waals surface area contributed by atoms with E-state index in [1.807, 2.05) is 43.3 Å². The van der Waals surface area contributed by atoms with Crippen LogP contribution in [0.15, 0.2) is 70.4 Å². The van der Waals surface area contributed by atoms with Gasteiger partial charge in [-0.25, -0.2) is 0 Å². The topological polar surface area (TPSA) is 83.4 Å². The molecule has 1 amide bonds. The van der Waals surface area contributed by atoms with Gasteiger partial charge in [0.15, 0.2) is 0 Å². The van der Waals surface area contributed by atoms with Crippen LogP contribution in [0, 0.1) is 11.3 Å². The van der Waals surface area contributed by atoms with Gasteiger partial charge in [0.25, 0.3) is 5.91 Å². The number of ether oxygens (including phenoxy) is 2. The molecule has 1 aliphatic heterocycles. The van der Waals surface area contributed by atoms with Crippen molar-refractivity contribution in [3.63, 3.8) is 0 Å². The highest BCUT2D eigenvalue weighted by atomic mass is 32.2. The Hall–Kier alpha value is -3.37. The lowest BCUT2D eigenvalue weighted by atomic mass is 9.81. The number of hydrogen-bond donors (Lipinski definition) is 2. The predicted octanol–water partition coefficient (Wildman–Crippen LogP) is 5.57. The third-order valence-electron chi connectivity index (χ3n) is 5.44. The van der Waals surface area contributed by atoms with Crippen LogP contribution in [-0.4, -0.2) is 25.9 Å². The van der Waals surface area contributed by atoms with Crippen molar-refractivity contribution in [2.75, 3.05) is 25.3 Å². The number of unbranched alkanes of at least 4 members (excludes halogenated alkanes) is 1. The monoisotopic (exact) mass is 463 g/mol. The van der Waals surface area contributed by atoms with Crippen LogP contribution in [0.3, 0.4) is 0 Å². The van der Waals surface area contributed by atoms with E-state index >= 15 is 0 Å². The summed E-state index contributed by atoms with van der Waals surface area (Å²) < 4.78 is 11.0. The molecule has 6 nitrogen and oxygen atoms in total. The van der Waals surface area contributed by atoms with Crippen LogP contribution in [0.5, 0.6) is 11.5 Å². The summed E-state index contributed by atoms with van der Waals surface area (Å²) >= 11 is 1.61. The third kappa shape index (κ3) is 5.35. The van der Waals surface area contributed by atoms with E-state index in [0.29, 0.717) is 34.0 Å². The highest BCUT2D eigenvalue weighted by Crippen LogP contribution is 2.44. The number of allylic oxidation sites excluding steroid dienone is 2. The molecule has 0 fully saturated rings. The molecule has 0 aromatic heterocycles. The third-order valence-corrected chi connectivity index (χ3v) is 6.54. The minimum absolute atomic E-state index is 0.300. The lowest BCUT2D eigenvalue weighted by Gasteiger charge is -2.30. The van der Waals surface area contributed by atoms with E-state index in [1.54, 1.807) is 38.1 Å². The number of nitrogens with zero attached hydrogens (tertiary/aromatic N) is 1. The molecule has 0 radical (unpaired) electrons. The molecule has 0 bridgehead atoms. The molecule has 0 aliphatic carbocycles. The summed E-state index contributed by atoms with van der Waals surface area (Å²) in [4.78, 5) is 13.6. The highest BCUT2D eigenvalue weighted by Gasteiger charge is 2.36. The molecular weight excluding hydrogens is 434 g/mol. The summed E-state index contributed by atoms with van der Waals surface area (Å²) in [6, 6.07) is 17.1. The molecule has 1 unspecified atom stereocenters. The van der Waals surface area contributed by atoms with E-state index in [2.05, 4.69) is 23.6 Å². The number of anilines is 1. The quantitative estimate of drug-likeness (QED) is 0.473. The Morgan fingerprint density at radius 1 is 1.12 bits per heavy atom. The largest absolute Gasteiger partial charge is 0.496 e. The number of amides is 1. The average Bonchev–Trinajstić information content (AvgIpc) is 2.84. The smallest absolute Gasteiger partial charge is 0.254 e. The molecule has 0 saturated heterocycles. The molecule has 33 heavy (non-hydrogen) atoms. The Balaban J connectivity index is 2.09. The van der Waals surface area contributed by atoms with Gasteiger partial charge in [0.1, 0.15) is 11.5 Å². The number of rotatable bonds is 9. The number of nitrogens with one attached hydrogen (secondary N) is 2. The van der Waals surface area contributed by atoms with Gasteiger partial charge in [-0.3, -0.25) is 4.79 Å². The Kier molecular flexibility index (Phi) is 8.45. The lowest BCUT2D eigenvalue weighted by molar-refractivity contribution is -0.113. The normalized spacial score (nSPS) is 15.5. The number of thioether (sulfide) groups is 1. The molecule has 7 heteroatoms. The second-order valence-corrected chi connectivity index (χ2v) is 8.65. The first-order chi connectivity index (χ1) is 16.0. The standard InChI is InChI=1S/C26H29N3O3S/c1-5-6-15-33-26-19(16-27)24(18-11-7-9-13-21(18)31-3)23(17(2)28-26)25(30)29-20-12-8-10-14-22(20)32-4/h7-14,24,28H,5-6,15H2,1-4H3,(H,29,30). The van der Waals surface area contributed by atoms with Crippen molar-refractivity contribution < 1.29 is 14.3 Å². The van der Waals surface area contributed by atoms with Crippen molar-refractivity contribution in [2.24, 2.45) is 0 Å². The predicted molar refractivity (Wildman–Crippen MR) is 133 cm³/mol. The minimum atomic E-state index is -0.564. The van der Waals surface area contributed by atoms with Crippen LogP contribution in [0.1, 0.15) is 38.2 Å². The van der Waals surface area contributed by atoms with E-state index in [0.717, 1.165) is 29.2 Å². The average molecular weight is 464 g/mol. The van der Waals surface area contributed by atoms with Gasteiger partial charge in [-0.1, -0.05) is 43.7 Å². The first-order valence-corrected chi connectivity index (χ1v) is 11.9. The van der Waals surface area contributed by atoms with E-state index in [1.165, 1.54) is 0 Å². The number of carbonyl (C=O) groups is 1. The number of benzene rings is 2. The van der Waals surface area contributed by atoms with Gasteiger partial charge in [0.2, 0.25) is 0 Å². The van der Waals surface area contributed by atoms with E-state index in [9.17, 15) is 10.1 Å². The summed E-state index contributed by atoms with van der Waals surface area (Å²) in [7, 11) is 3.16. The molecule has 3 rings (SSSR count). The Morgan fingerprint density at radius 2 is 1.79 bits per heavy atom. The second-order valence-electron chi connectivity index (χ2n) is 7.55. The van der Waals surface area contributed by atoms with Crippen molar-refractivity contribution in [1.82, 2.24) is 5.32 Å². The Morgan fingerprint density at radius 3 is 2.45 bits per heavy atom. The number of methoxy groups -OCH3 is 2. The van der Waals surface area contributed by atoms with Crippen LogP contribution >= 0.6 is 11.8 Å². The zero-order valence-electron chi connectivity index (χ0n) is 19.4. The molecule has 2 aromatic rings. The molecule has 172 valence electrons. The summed E-state index contributed by atoms with van der Waals surface area (Å²) in [6.07, 6.45) is 2.11. The van der Waals surface area contributed by atoms with Gasteiger partial charge in [0, 0.05) is 16.8 Å². The molecule has 2 N–H and O–H groups in total. The van der Waals surface area contributed by atoms with Crippen molar-refractivity contribution in [3.8, 4) is 17.6 Å². The zero-order chi connectivity index (χ0) is 23.8. The van der Waals surface area contributed by atoms with Gasteiger partial charge in [0.05, 0.1) is 42.5 Å². The second kappa shape index (κ2) is 11.5. The van der Waals surface area contributed by atoms with Gasteiger partial charge in [-0.15, -0.1) is 11.8 Å². The summed E-state index contributed by atoms with van der Waals surface area (Å²) in [5, 5.41) is 17.3. The van der Waals surface area contributed by atoms with Crippen molar-refractivity contribution in [1.29, 1.82) is 5.26 Å². The van der Waals surface area contributed by atoms with Crippen molar-refractivity contribution >= 4 is 23.4 Å². The zero-order valence-corrected chi connectivity index (χ0v) is 20.2. The molecule has 0 saturated carbocycles. The molecule has 2 aromatic carbocycles. The summed E-state index contributed by atoms with van der Waals surface area (Å²) in [6.45, 7) is 4.01. The van der Waals surface area contributed by atoms with Crippen molar-refractivity contribution in [3.05, 3.63) is 76.0 Å². The van der Waals surface area contributed by atoms with E-state index < -0.39 is 5.92 Å². The maximum absolute atomic E-state index is 13.6. The Labute approximate surface area is 199 Å². The molecular formula is C26H29N3O3S. The van der Waals surface area contributed by atoms with Gasteiger partial charge in [-0.05, 0) is 37.3 Å². The number of hydrogen-bond acceptors (Lipinski definition) is 6. The van der Waals surface area contributed by atoms with Crippen molar-refractivity contribution in [2.45, 2.75) is 32.6 Å². The van der Waals surface area contributed by atoms with Gasteiger partial charge in [-0.2, -0.15) is 5.26 Å². The fourth-order valence-electron chi connectivity index (χ4n) is 3.80. The van der Waals surface area contributed by atoms with E-state index in [4.69, 9.17) is 9.47 Å². The fourth-order valence-corrected chi connectivity index (χ4v) is 4.98. The van der Waals surface area contributed by atoms with Crippen LogP contribution in [0.2, 0.25) is 0 Å². The SMILES string of the molecule is CCCCSC1=C(C#N)C(c2ccccc2OC)C(C(=O)Nc2ccccc2OC)=C(C)N1. The van der Waals surface area contributed by atoms with Gasteiger partial charge < -0.3 is 20.1 Å². The van der Waals surface area contributed by atoms with Crippen LogP contribution in [0.4, 0.5) is 5.69 Å². The summed E-state index contributed by atoms with van der Waals surface area (Å²) in [5.74, 6) is 1.22. The maximum Gasteiger partial charge on any atom is 0.254 e. The number of nitriles is 1. The fraction of sp³-hybridized carbons (Fsp3) is 0.308. The first kappa shape index (κ1) is 24.3. The van der Waals surface area contributed by atoms with Crippen LogP contribution in [0.25, 0.3) is 0 Å². The van der Waals surface area contributed by atoms with E-state index in [-0.39, 0.29) is 5.91 Å².